The van der Waals surface area contributed by atoms with Crippen LogP contribution in [0.4, 0.5) is 0 Å². The first kappa shape index (κ1) is 19.4. The fraction of sp³-hybridized carbons (Fsp3) is 0.286. The van der Waals surface area contributed by atoms with Crippen molar-refractivity contribution in [3.8, 4) is 11.5 Å². The molecule has 0 spiro atoms. The molecule has 0 fully saturated rings. The maximum absolute atomic E-state index is 12.4. The van der Waals surface area contributed by atoms with E-state index >= 15 is 0 Å². The van der Waals surface area contributed by atoms with E-state index in [2.05, 4.69) is 10.3 Å². The van der Waals surface area contributed by atoms with Crippen molar-refractivity contribution in [2.24, 2.45) is 0 Å². The predicted octanol–water partition coefficient (Wildman–Crippen LogP) is 2.08. The molecule has 3 rings (SSSR count). The summed E-state index contributed by atoms with van der Waals surface area (Å²) in [6.07, 6.45) is 0.636. The number of para-hydroxylation sites is 2. The number of rotatable bonds is 7. The topological polar surface area (TPSA) is 82.5 Å². The van der Waals surface area contributed by atoms with Crippen molar-refractivity contribution < 1.29 is 14.3 Å². The van der Waals surface area contributed by atoms with Gasteiger partial charge in [0.05, 0.1) is 25.3 Å². The molecule has 1 N–H and O–H groups in total. The molecule has 28 heavy (non-hydrogen) atoms. The van der Waals surface area contributed by atoms with Crippen molar-refractivity contribution >= 4 is 16.9 Å². The van der Waals surface area contributed by atoms with Crippen molar-refractivity contribution in [3.05, 3.63) is 64.1 Å². The van der Waals surface area contributed by atoms with Crippen LogP contribution in [0, 0.1) is 6.92 Å². The Morgan fingerprint density at radius 3 is 2.61 bits per heavy atom. The first-order valence-corrected chi connectivity index (χ1v) is 8.97. The lowest BCUT2D eigenvalue weighted by molar-refractivity contribution is -0.121. The van der Waals surface area contributed by atoms with E-state index in [1.165, 1.54) is 4.57 Å². The average molecular weight is 381 g/mol. The second-order valence-electron chi connectivity index (χ2n) is 6.37. The lowest BCUT2D eigenvalue weighted by Gasteiger charge is -2.12. The van der Waals surface area contributed by atoms with E-state index in [1.54, 1.807) is 27.2 Å². The third-order valence-electron chi connectivity index (χ3n) is 4.50. The van der Waals surface area contributed by atoms with Gasteiger partial charge in [-0.1, -0.05) is 18.2 Å². The van der Waals surface area contributed by atoms with E-state index in [0.717, 1.165) is 5.56 Å². The van der Waals surface area contributed by atoms with E-state index in [1.807, 2.05) is 36.4 Å². The summed E-state index contributed by atoms with van der Waals surface area (Å²) in [6, 6.07) is 12.9. The van der Waals surface area contributed by atoms with Crippen molar-refractivity contribution in [1.29, 1.82) is 0 Å². The number of aryl methyl sites for hydroxylation is 1. The quantitative estimate of drug-likeness (QED) is 0.678. The predicted molar refractivity (Wildman–Crippen MR) is 107 cm³/mol. The van der Waals surface area contributed by atoms with E-state index in [-0.39, 0.29) is 18.0 Å². The van der Waals surface area contributed by atoms with Gasteiger partial charge >= 0.3 is 0 Å². The lowest BCUT2D eigenvalue weighted by atomic mass is 10.1. The number of ether oxygens (including phenoxy) is 2. The van der Waals surface area contributed by atoms with Gasteiger partial charge < -0.3 is 14.8 Å². The van der Waals surface area contributed by atoms with Crippen molar-refractivity contribution in [2.45, 2.75) is 19.9 Å². The van der Waals surface area contributed by atoms with Gasteiger partial charge in [-0.2, -0.15) is 0 Å². The molecule has 0 unspecified atom stereocenters. The van der Waals surface area contributed by atoms with Crippen molar-refractivity contribution in [1.82, 2.24) is 14.9 Å². The lowest BCUT2D eigenvalue weighted by Crippen LogP contribution is -2.34. The molecule has 1 aromatic heterocycles. The Morgan fingerprint density at radius 1 is 1.11 bits per heavy atom. The summed E-state index contributed by atoms with van der Waals surface area (Å²) in [7, 11) is 3.17. The molecule has 1 amide bonds. The van der Waals surface area contributed by atoms with Crippen LogP contribution in [0.1, 0.15) is 11.3 Å². The second kappa shape index (κ2) is 8.56. The number of hydrogen-bond donors (Lipinski definition) is 1. The molecule has 0 radical (unpaired) electrons. The fourth-order valence-corrected chi connectivity index (χ4v) is 3.06. The summed E-state index contributed by atoms with van der Waals surface area (Å²) in [5.41, 5.74) is 2.47. The molecule has 1 heterocycles. The minimum atomic E-state index is -0.256. The van der Waals surface area contributed by atoms with Gasteiger partial charge in [-0.25, -0.2) is 4.98 Å². The van der Waals surface area contributed by atoms with Crippen LogP contribution in [0.2, 0.25) is 0 Å². The molecule has 0 aliphatic heterocycles. The monoisotopic (exact) mass is 381 g/mol. The maximum Gasteiger partial charge on any atom is 0.272 e. The fourth-order valence-electron chi connectivity index (χ4n) is 3.06. The Labute approximate surface area is 162 Å². The van der Waals surface area contributed by atoms with Gasteiger partial charge in [0.25, 0.3) is 5.56 Å². The highest BCUT2D eigenvalue weighted by atomic mass is 16.5. The Hall–Kier alpha value is -3.35. The zero-order chi connectivity index (χ0) is 20.1. The molecular weight excluding hydrogens is 358 g/mol. The first-order chi connectivity index (χ1) is 13.5. The van der Waals surface area contributed by atoms with Gasteiger partial charge in [-0.3, -0.25) is 14.2 Å². The number of benzene rings is 2. The number of hydrogen-bond acceptors (Lipinski definition) is 5. The molecule has 0 atom stereocenters. The number of carbonyl (C=O) groups is 1. The van der Waals surface area contributed by atoms with Crippen LogP contribution >= 0.6 is 0 Å². The van der Waals surface area contributed by atoms with E-state index in [4.69, 9.17) is 9.47 Å². The highest BCUT2D eigenvalue weighted by molar-refractivity contribution is 5.80. The minimum Gasteiger partial charge on any atom is -0.493 e. The number of carbonyl (C=O) groups excluding carboxylic acids is 1. The van der Waals surface area contributed by atoms with Gasteiger partial charge in [-0.15, -0.1) is 0 Å². The van der Waals surface area contributed by atoms with Crippen LogP contribution in [-0.2, 0) is 17.8 Å². The van der Waals surface area contributed by atoms with Crippen LogP contribution in [0.25, 0.3) is 11.0 Å². The molecule has 0 saturated heterocycles. The number of fused-ring (bicyclic) bond motifs is 1. The number of nitrogens with zero attached hydrogens (tertiary/aromatic N) is 2. The van der Waals surface area contributed by atoms with Crippen LogP contribution in [0.15, 0.2) is 47.3 Å². The van der Waals surface area contributed by atoms with Crippen LogP contribution in [0.5, 0.6) is 11.5 Å². The highest BCUT2D eigenvalue weighted by Crippen LogP contribution is 2.27. The summed E-state index contributed by atoms with van der Waals surface area (Å²) in [6.45, 7) is 2.06. The zero-order valence-corrected chi connectivity index (χ0v) is 16.2. The van der Waals surface area contributed by atoms with Crippen LogP contribution in [-0.4, -0.2) is 36.2 Å². The largest absolute Gasteiger partial charge is 0.493 e. The van der Waals surface area contributed by atoms with Crippen LogP contribution in [0.3, 0.4) is 0 Å². The molecular formula is C21H23N3O4. The molecule has 3 aromatic rings. The number of methoxy groups -OCH3 is 2. The molecule has 0 aliphatic carbocycles. The van der Waals surface area contributed by atoms with Gasteiger partial charge in [0.15, 0.2) is 11.5 Å². The van der Waals surface area contributed by atoms with Gasteiger partial charge in [0.2, 0.25) is 5.91 Å². The van der Waals surface area contributed by atoms with E-state index < -0.39 is 0 Å². The molecule has 146 valence electrons. The third kappa shape index (κ3) is 4.14. The SMILES string of the molecule is COc1ccc(CCNC(=O)Cn2c(=O)c(C)nc3ccccc32)cc1OC. The molecule has 2 aromatic carbocycles. The summed E-state index contributed by atoms with van der Waals surface area (Å²) in [4.78, 5) is 29.1. The normalized spacial score (nSPS) is 10.7. The summed E-state index contributed by atoms with van der Waals surface area (Å²) >= 11 is 0. The average Bonchev–Trinajstić information content (AvgIpc) is 2.71. The Morgan fingerprint density at radius 2 is 1.86 bits per heavy atom. The Balaban J connectivity index is 1.66. The van der Waals surface area contributed by atoms with Gasteiger partial charge in [-0.05, 0) is 43.2 Å². The standard InChI is InChI=1S/C21H23N3O4/c1-14-21(26)24(17-7-5-4-6-16(17)23-14)13-20(25)22-11-10-15-8-9-18(27-2)19(12-15)28-3/h4-9,12H,10-11,13H2,1-3H3,(H,22,25). The van der Waals surface area contributed by atoms with E-state index in [0.29, 0.717) is 41.2 Å². The molecule has 0 aliphatic rings. The van der Waals surface area contributed by atoms with Crippen molar-refractivity contribution in [2.75, 3.05) is 20.8 Å². The minimum absolute atomic E-state index is 0.0470. The summed E-state index contributed by atoms with van der Waals surface area (Å²) in [5.74, 6) is 1.09. The number of nitrogens with one attached hydrogen (secondary N) is 1. The van der Waals surface area contributed by atoms with Crippen LogP contribution < -0.4 is 20.3 Å². The Bertz CT molecular complexity index is 1060. The van der Waals surface area contributed by atoms with E-state index in [9.17, 15) is 9.59 Å². The zero-order valence-electron chi connectivity index (χ0n) is 16.2. The second-order valence-corrected chi connectivity index (χ2v) is 6.37. The summed E-state index contributed by atoms with van der Waals surface area (Å²) in [5, 5.41) is 2.87. The molecule has 7 heteroatoms. The number of amides is 1. The first-order valence-electron chi connectivity index (χ1n) is 8.97. The molecule has 0 bridgehead atoms. The van der Waals surface area contributed by atoms with Gasteiger partial charge in [0.1, 0.15) is 12.2 Å². The maximum atomic E-state index is 12.4. The Kier molecular flexibility index (Phi) is 5.93. The number of aromatic nitrogens is 2. The van der Waals surface area contributed by atoms with Gasteiger partial charge in [0, 0.05) is 6.54 Å². The summed E-state index contributed by atoms with van der Waals surface area (Å²) < 4.78 is 12.0. The molecule has 7 nitrogen and oxygen atoms in total. The third-order valence-corrected chi connectivity index (χ3v) is 4.50. The highest BCUT2D eigenvalue weighted by Gasteiger charge is 2.11. The molecule has 0 saturated carbocycles. The smallest absolute Gasteiger partial charge is 0.272 e. The van der Waals surface area contributed by atoms with Crippen molar-refractivity contribution in [3.63, 3.8) is 0 Å².